The molecule has 1 fully saturated rings. The van der Waals surface area contributed by atoms with Gasteiger partial charge in [-0.25, -0.2) is 0 Å². The lowest BCUT2D eigenvalue weighted by atomic mass is 9.76. The minimum absolute atomic E-state index is 0.530. The number of hydrogen-bond donors (Lipinski definition) is 0. The first kappa shape index (κ1) is 18.1. The summed E-state index contributed by atoms with van der Waals surface area (Å²) in [6.45, 7) is 11.1. The predicted molar refractivity (Wildman–Crippen MR) is 107 cm³/mol. The minimum atomic E-state index is 0.530. The molecule has 0 saturated heterocycles. The Morgan fingerprint density at radius 1 is 1.12 bits per heavy atom. The van der Waals surface area contributed by atoms with E-state index in [0.717, 1.165) is 30.7 Å². The van der Waals surface area contributed by atoms with Gasteiger partial charge in [0.1, 0.15) is 5.75 Å². The quantitative estimate of drug-likeness (QED) is 0.676. The molecule has 3 rings (SSSR count). The van der Waals surface area contributed by atoms with E-state index >= 15 is 0 Å². The first-order valence-electron chi connectivity index (χ1n) is 9.89. The molecule has 25 heavy (non-hydrogen) atoms. The van der Waals surface area contributed by atoms with Crippen molar-refractivity contribution in [1.29, 1.82) is 0 Å². The number of allylic oxidation sites excluding steroid dienone is 2. The zero-order valence-electron chi connectivity index (χ0n) is 16.2. The first-order chi connectivity index (χ1) is 12.0. The summed E-state index contributed by atoms with van der Waals surface area (Å²) in [6.07, 6.45) is 10.6. The maximum absolute atomic E-state index is 6.12. The van der Waals surface area contributed by atoms with Gasteiger partial charge in [-0.1, -0.05) is 44.9 Å². The first-order valence-corrected chi connectivity index (χ1v) is 9.89. The van der Waals surface area contributed by atoms with E-state index in [0.29, 0.717) is 12.0 Å². The van der Waals surface area contributed by atoms with Gasteiger partial charge in [0.15, 0.2) is 0 Å². The van der Waals surface area contributed by atoms with E-state index in [1.165, 1.54) is 30.4 Å². The Balaban J connectivity index is 1.57. The van der Waals surface area contributed by atoms with Crippen LogP contribution in [-0.2, 0) is 0 Å². The molecule has 1 aromatic rings. The molecule has 0 bridgehead atoms. The molecule has 3 atom stereocenters. The topological polar surface area (TPSA) is 12.5 Å². The van der Waals surface area contributed by atoms with Gasteiger partial charge in [-0.3, -0.25) is 0 Å². The van der Waals surface area contributed by atoms with Crippen LogP contribution in [0.15, 0.2) is 42.6 Å². The smallest absolute Gasteiger partial charge is 0.119 e. The Bertz CT molecular complexity index is 613. The van der Waals surface area contributed by atoms with Gasteiger partial charge in [0, 0.05) is 12.6 Å². The third-order valence-electron chi connectivity index (χ3n) is 5.91. The highest BCUT2D eigenvalue weighted by atomic mass is 16.5. The molecule has 0 radical (unpaired) electrons. The van der Waals surface area contributed by atoms with Gasteiger partial charge < -0.3 is 9.64 Å². The standard InChI is InChI=1S/C23H33NO/c1-17(2)24-13-5-6-21(15-24)20-9-11-23(12-10-20)25-16-22-14-18(3)7-8-19(22)4/h5-6,9-13,17-19,22H,7-8,14-16H2,1-4H3. The van der Waals surface area contributed by atoms with Crippen LogP contribution in [0.1, 0.15) is 52.5 Å². The van der Waals surface area contributed by atoms with Gasteiger partial charge in [0.25, 0.3) is 0 Å². The molecular formula is C23H33NO. The van der Waals surface area contributed by atoms with Crippen LogP contribution in [-0.4, -0.2) is 24.1 Å². The third kappa shape index (κ3) is 4.68. The normalized spacial score (nSPS) is 26.7. The molecule has 136 valence electrons. The summed E-state index contributed by atoms with van der Waals surface area (Å²) in [4.78, 5) is 2.37. The molecule has 0 aromatic heterocycles. The zero-order valence-corrected chi connectivity index (χ0v) is 16.2. The van der Waals surface area contributed by atoms with Crippen LogP contribution in [0, 0.1) is 17.8 Å². The lowest BCUT2D eigenvalue weighted by Gasteiger charge is -2.32. The van der Waals surface area contributed by atoms with Crippen molar-refractivity contribution in [3.8, 4) is 5.75 Å². The Hall–Kier alpha value is -1.70. The van der Waals surface area contributed by atoms with Crippen LogP contribution in [0.25, 0.3) is 5.57 Å². The van der Waals surface area contributed by atoms with E-state index in [9.17, 15) is 0 Å². The Labute approximate surface area is 153 Å². The van der Waals surface area contributed by atoms with Crippen molar-refractivity contribution < 1.29 is 4.74 Å². The lowest BCUT2D eigenvalue weighted by Crippen LogP contribution is -2.28. The summed E-state index contributed by atoms with van der Waals surface area (Å²) in [5, 5.41) is 0. The van der Waals surface area contributed by atoms with Gasteiger partial charge in [0.05, 0.1) is 6.61 Å². The van der Waals surface area contributed by atoms with Crippen LogP contribution in [0.2, 0.25) is 0 Å². The highest BCUT2D eigenvalue weighted by molar-refractivity contribution is 5.70. The minimum Gasteiger partial charge on any atom is -0.493 e. The molecule has 1 aromatic carbocycles. The summed E-state index contributed by atoms with van der Waals surface area (Å²) in [6, 6.07) is 9.19. The van der Waals surface area contributed by atoms with Crippen molar-refractivity contribution in [3.05, 3.63) is 48.2 Å². The molecule has 0 spiro atoms. The van der Waals surface area contributed by atoms with Crippen molar-refractivity contribution in [2.45, 2.75) is 53.0 Å². The number of nitrogens with zero attached hydrogens (tertiary/aromatic N) is 1. The van der Waals surface area contributed by atoms with Crippen molar-refractivity contribution in [1.82, 2.24) is 4.90 Å². The van der Waals surface area contributed by atoms with Crippen LogP contribution in [0.4, 0.5) is 0 Å². The number of hydrogen-bond acceptors (Lipinski definition) is 2. The molecule has 1 aliphatic heterocycles. The molecule has 2 aliphatic rings. The van der Waals surface area contributed by atoms with Crippen LogP contribution in [0.3, 0.4) is 0 Å². The van der Waals surface area contributed by atoms with Crippen LogP contribution < -0.4 is 4.74 Å². The molecule has 1 saturated carbocycles. The average molecular weight is 340 g/mol. The average Bonchev–Trinajstić information content (AvgIpc) is 2.63. The molecular weight excluding hydrogens is 306 g/mol. The van der Waals surface area contributed by atoms with Gasteiger partial charge in [-0.05, 0) is 73.6 Å². The maximum atomic E-state index is 6.12. The fraction of sp³-hybridized carbons (Fsp3) is 0.565. The summed E-state index contributed by atoms with van der Waals surface area (Å²) >= 11 is 0. The molecule has 1 aliphatic carbocycles. The summed E-state index contributed by atoms with van der Waals surface area (Å²) in [5.41, 5.74) is 2.67. The molecule has 3 unspecified atom stereocenters. The van der Waals surface area contributed by atoms with Crippen molar-refractivity contribution in [3.63, 3.8) is 0 Å². The number of rotatable bonds is 5. The van der Waals surface area contributed by atoms with Crippen LogP contribution >= 0.6 is 0 Å². The van der Waals surface area contributed by atoms with E-state index in [4.69, 9.17) is 4.74 Å². The van der Waals surface area contributed by atoms with E-state index in [1.54, 1.807) is 0 Å². The SMILES string of the molecule is CC1CCC(C)C(COc2ccc(C3=CC=CN(C(C)C)C3)cc2)C1. The van der Waals surface area contributed by atoms with Crippen molar-refractivity contribution in [2.24, 2.45) is 17.8 Å². The highest BCUT2D eigenvalue weighted by Gasteiger charge is 2.25. The molecule has 0 N–H and O–H groups in total. The van der Waals surface area contributed by atoms with E-state index in [1.807, 2.05) is 0 Å². The van der Waals surface area contributed by atoms with E-state index in [-0.39, 0.29) is 0 Å². The highest BCUT2D eigenvalue weighted by Crippen LogP contribution is 2.34. The second kappa shape index (κ2) is 8.12. The van der Waals surface area contributed by atoms with Crippen molar-refractivity contribution >= 4 is 5.57 Å². The lowest BCUT2D eigenvalue weighted by molar-refractivity contribution is 0.132. The maximum Gasteiger partial charge on any atom is 0.119 e. The molecule has 2 heteroatoms. The van der Waals surface area contributed by atoms with Crippen molar-refractivity contribution in [2.75, 3.05) is 13.2 Å². The van der Waals surface area contributed by atoms with E-state index in [2.05, 4.69) is 75.2 Å². The van der Waals surface area contributed by atoms with Gasteiger partial charge in [0.2, 0.25) is 0 Å². The van der Waals surface area contributed by atoms with E-state index < -0.39 is 0 Å². The second-order valence-electron chi connectivity index (χ2n) is 8.29. The third-order valence-corrected chi connectivity index (χ3v) is 5.91. The molecule has 1 heterocycles. The monoisotopic (exact) mass is 339 g/mol. The van der Waals surface area contributed by atoms with Gasteiger partial charge in [-0.15, -0.1) is 0 Å². The van der Waals surface area contributed by atoms with Crippen LogP contribution in [0.5, 0.6) is 5.75 Å². The number of benzene rings is 1. The van der Waals surface area contributed by atoms with Gasteiger partial charge in [-0.2, -0.15) is 0 Å². The predicted octanol–water partition coefficient (Wildman–Crippen LogP) is 5.76. The summed E-state index contributed by atoms with van der Waals surface area (Å²) in [5.74, 6) is 3.34. The Morgan fingerprint density at radius 2 is 1.88 bits per heavy atom. The largest absolute Gasteiger partial charge is 0.493 e. The zero-order chi connectivity index (χ0) is 17.8. The summed E-state index contributed by atoms with van der Waals surface area (Å²) < 4.78 is 6.12. The van der Waals surface area contributed by atoms with Gasteiger partial charge >= 0.3 is 0 Å². The second-order valence-corrected chi connectivity index (χ2v) is 8.29. The fourth-order valence-corrected chi connectivity index (χ4v) is 3.96. The molecule has 2 nitrogen and oxygen atoms in total. The number of ether oxygens (including phenoxy) is 1. The summed E-state index contributed by atoms with van der Waals surface area (Å²) in [7, 11) is 0. The Kier molecular flexibility index (Phi) is 5.88. The molecule has 0 amide bonds. The fourth-order valence-electron chi connectivity index (χ4n) is 3.96. The Morgan fingerprint density at radius 3 is 2.60 bits per heavy atom.